The van der Waals surface area contributed by atoms with Gasteiger partial charge in [-0.3, -0.25) is 4.79 Å². The highest BCUT2D eigenvalue weighted by atomic mass is 19.1. The molecule has 1 unspecified atom stereocenters. The average Bonchev–Trinajstić information content (AvgIpc) is 3.44. The second-order valence-corrected chi connectivity index (χ2v) is 9.46. The maximum Gasteiger partial charge on any atom is 0.233 e. The van der Waals surface area contributed by atoms with Crippen molar-refractivity contribution in [3.05, 3.63) is 65.7 Å². The fourth-order valence-electron chi connectivity index (χ4n) is 5.76. The van der Waals surface area contributed by atoms with Crippen molar-refractivity contribution >= 4 is 5.91 Å². The first-order valence-electron chi connectivity index (χ1n) is 11.6. The second kappa shape index (κ2) is 8.47. The van der Waals surface area contributed by atoms with Crippen LogP contribution in [0.25, 0.3) is 0 Å². The highest BCUT2D eigenvalue weighted by Crippen LogP contribution is 2.45. The molecule has 170 valence electrons. The number of carbonyl (C=O) groups is 1. The number of para-hydroxylation sites is 1. The molecule has 6 heteroatoms. The molecule has 1 spiro atoms. The normalized spacial score (nSPS) is 24.1. The zero-order valence-electron chi connectivity index (χ0n) is 18.2. The lowest BCUT2D eigenvalue weighted by atomic mass is 9.76. The molecule has 2 heterocycles. The van der Waals surface area contributed by atoms with Gasteiger partial charge < -0.3 is 14.4 Å². The molecule has 2 aromatic rings. The molecule has 5 rings (SSSR count). The van der Waals surface area contributed by atoms with E-state index in [0.29, 0.717) is 26.1 Å². The van der Waals surface area contributed by atoms with Crippen molar-refractivity contribution in [2.75, 3.05) is 19.7 Å². The van der Waals surface area contributed by atoms with Crippen LogP contribution in [0, 0.1) is 11.6 Å². The van der Waals surface area contributed by atoms with Crippen molar-refractivity contribution in [2.24, 2.45) is 0 Å². The minimum absolute atomic E-state index is 0.118. The monoisotopic (exact) mass is 441 g/mol. The lowest BCUT2D eigenvalue weighted by molar-refractivity contribution is -0.142. The van der Waals surface area contributed by atoms with E-state index in [0.717, 1.165) is 44.1 Å². The number of halogens is 2. The molecule has 0 N–H and O–H groups in total. The number of likely N-dealkylation sites (tertiary alicyclic amines) is 1. The van der Waals surface area contributed by atoms with Crippen LogP contribution in [0.5, 0.6) is 5.75 Å². The lowest BCUT2D eigenvalue weighted by Crippen LogP contribution is -2.52. The van der Waals surface area contributed by atoms with E-state index in [2.05, 4.69) is 0 Å². The van der Waals surface area contributed by atoms with Gasteiger partial charge in [0.15, 0.2) is 11.6 Å². The van der Waals surface area contributed by atoms with Gasteiger partial charge in [-0.15, -0.1) is 0 Å². The number of ether oxygens (including phenoxy) is 2. The molecule has 0 aromatic heterocycles. The minimum atomic E-state index is -0.611. The van der Waals surface area contributed by atoms with E-state index in [4.69, 9.17) is 9.47 Å². The highest BCUT2D eigenvalue weighted by molar-refractivity contribution is 5.88. The van der Waals surface area contributed by atoms with Crippen LogP contribution in [0.2, 0.25) is 0 Å². The molecule has 1 aliphatic carbocycles. The van der Waals surface area contributed by atoms with E-state index in [1.54, 1.807) is 24.3 Å². The van der Waals surface area contributed by atoms with Gasteiger partial charge in [0.05, 0.1) is 17.6 Å². The van der Waals surface area contributed by atoms with Gasteiger partial charge in [-0.1, -0.05) is 37.1 Å². The van der Waals surface area contributed by atoms with E-state index in [-0.39, 0.29) is 35.0 Å². The zero-order chi connectivity index (χ0) is 22.2. The average molecular weight is 442 g/mol. The van der Waals surface area contributed by atoms with Crippen LogP contribution in [-0.2, 0) is 14.9 Å². The van der Waals surface area contributed by atoms with Crippen LogP contribution in [0.15, 0.2) is 48.5 Å². The summed E-state index contributed by atoms with van der Waals surface area (Å²) in [7, 11) is 0. The van der Waals surface area contributed by atoms with Crippen LogP contribution in [0.1, 0.15) is 50.5 Å². The third kappa shape index (κ3) is 3.90. The fraction of sp³-hybridized carbons (Fsp3) is 0.500. The Morgan fingerprint density at radius 3 is 2.47 bits per heavy atom. The topological polar surface area (TPSA) is 38.8 Å². The number of carbonyl (C=O) groups excluding carboxylic acids is 1. The number of benzene rings is 2. The van der Waals surface area contributed by atoms with Crippen LogP contribution in [0.4, 0.5) is 8.78 Å². The fourth-order valence-corrected chi connectivity index (χ4v) is 5.76. The standard InChI is InChI=1S/C26H29F2NO3/c27-20-7-5-6-19(16-20)26(10-3-4-11-26)24(30)29-14-12-25(13-15-29)17-21(18-31-25)32-23-9-2-1-8-22(23)28/h1-2,5-9,16,21H,3-4,10-15,17-18H2. The minimum Gasteiger partial charge on any atom is -0.485 e. The summed E-state index contributed by atoms with van der Waals surface area (Å²) in [6.07, 6.45) is 5.47. The largest absolute Gasteiger partial charge is 0.485 e. The first kappa shape index (κ1) is 21.4. The number of nitrogens with zero attached hydrogens (tertiary/aromatic N) is 1. The number of hydrogen-bond donors (Lipinski definition) is 0. The van der Waals surface area contributed by atoms with E-state index >= 15 is 0 Å². The Labute approximate surface area is 187 Å². The summed E-state index contributed by atoms with van der Waals surface area (Å²) >= 11 is 0. The number of amides is 1. The molecule has 0 bridgehead atoms. The van der Waals surface area contributed by atoms with Gasteiger partial charge in [0, 0.05) is 19.5 Å². The third-order valence-electron chi connectivity index (χ3n) is 7.51. The summed E-state index contributed by atoms with van der Waals surface area (Å²) in [5, 5.41) is 0. The maximum absolute atomic E-state index is 13.9. The maximum atomic E-state index is 13.9. The van der Waals surface area contributed by atoms with Crippen molar-refractivity contribution in [2.45, 2.75) is 62.1 Å². The molecule has 2 saturated heterocycles. The van der Waals surface area contributed by atoms with E-state index in [1.165, 1.54) is 18.2 Å². The lowest BCUT2D eigenvalue weighted by Gasteiger charge is -2.42. The van der Waals surface area contributed by atoms with Gasteiger partial charge >= 0.3 is 0 Å². The summed E-state index contributed by atoms with van der Waals surface area (Å²) in [5.74, 6) is -0.288. The van der Waals surface area contributed by atoms with Crippen LogP contribution >= 0.6 is 0 Å². The molecular weight excluding hydrogens is 412 g/mol. The first-order chi connectivity index (χ1) is 15.5. The number of hydrogen-bond acceptors (Lipinski definition) is 3. The van der Waals surface area contributed by atoms with Gasteiger partial charge in [-0.05, 0) is 55.5 Å². The molecule has 2 aliphatic heterocycles. The van der Waals surface area contributed by atoms with Crippen LogP contribution in [0.3, 0.4) is 0 Å². The van der Waals surface area contributed by atoms with Crippen molar-refractivity contribution in [3.8, 4) is 5.75 Å². The molecule has 2 aromatic carbocycles. The Kier molecular flexibility index (Phi) is 5.66. The highest BCUT2D eigenvalue weighted by Gasteiger charge is 2.49. The third-order valence-corrected chi connectivity index (χ3v) is 7.51. The van der Waals surface area contributed by atoms with Crippen LogP contribution < -0.4 is 4.74 Å². The Morgan fingerprint density at radius 1 is 1.00 bits per heavy atom. The van der Waals surface area contributed by atoms with Gasteiger partial charge in [-0.2, -0.15) is 0 Å². The second-order valence-electron chi connectivity index (χ2n) is 9.46. The summed E-state index contributed by atoms with van der Waals surface area (Å²) < 4.78 is 39.9. The summed E-state index contributed by atoms with van der Waals surface area (Å²) in [6, 6.07) is 13.0. The van der Waals surface area contributed by atoms with Crippen LogP contribution in [-0.4, -0.2) is 42.2 Å². The van der Waals surface area contributed by atoms with E-state index in [1.807, 2.05) is 11.0 Å². The molecule has 1 saturated carbocycles. The van der Waals surface area contributed by atoms with Gasteiger partial charge in [0.25, 0.3) is 0 Å². The Hall–Kier alpha value is -2.47. The Balaban J connectivity index is 1.24. The molecule has 3 fully saturated rings. The van der Waals surface area contributed by atoms with Crippen molar-refractivity contribution < 1.29 is 23.0 Å². The summed E-state index contributed by atoms with van der Waals surface area (Å²) in [4.78, 5) is 15.6. The number of piperidine rings is 1. The molecule has 32 heavy (non-hydrogen) atoms. The number of rotatable bonds is 4. The quantitative estimate of drug-likeness (QED) is 0.670. The van der Waals surface area contributed by atoms with Gasteiger partial charge in [0.1, 0.15) is 11.9 Å². The molecule has 1 amide bonds. The summed E-state index contributed by atoms with van der Waals surface area (Å²) in [6.45, 7) is 1.65. The van der Waals surface area contributed by atoms with Crippen molar-refractivity contribution in [3.63, 3.8) is 0 Å². The predicted molar refractivity (Wildman–Crippen MR) is 116 cm³/mol. The van der Waals surface area contributed by atoms with Crippen molar-refractivity contribution in [1.82, 2.24) is 4.90 Å². The van der Waals surface area contributed by atoms with E-state index < -0.39 is 5.41 Å². The first-order valence-corrected chi connectivity index (χ1v) is 11.6. The van der Waals surface area contributed by atoms with Gasteiger partial charge in [-0.25, -0.2) is 8.78 Å². The predicted octanol–water partition coefficient (Wildman–Crippen LogP) is 5.01. The summed E-state index contributed by atoms with van der Waals surface area (Å²) in [5.41, 5.74) is -0.135. The molecule has 0 radical (unpaired) electrons. The molecule has 3 aliphatic rings. The Bertz CT molecular complexity index is 981. The van der Waals surface area contributed by atoms with Gasteiger partial charge in [0.2, 0.25) is 5.91 Å². The molecule has 1 atom stereocenters. The Morgan fingerprint density at radius 2 is 1.75 bits per heavy atom. The molecule has 4 nitrogen and oxygen atoms in total. The molecular formula is C26H29F2NO3. The zero-order valence-corrected chi connectivity index (χ0v) is 18.2. The van der Waals surface area contributed by atoms with Crippen molar-refractivity contribution in [1.29, 1.82) is 0 Å². The smallest absolute Gasteiger partial charge is 0.233 e. The SMILES string of the molecule is O=C(N1CCC2(CC1)CC(Oc1ccccc1F)CO2)C1(c2cccc(F)c2)CCCC1. The van der Waals surface area contributed by atoms with E-state index in [9.17, 15) is 13.6 Å².